The van der Waals surface area contributed by atoms with Gasteiger partial charge < -0.3 is 18.9 Å². The van der Waals surface area contributed by atoms with Gasteiger partial charge in [0, 0.05) is 0 Å². The van der Waals surface area contributed by atoms with Crippen molar-refractivity contribution in [3.63, 3.8) is 0 Å². The van der Waals surface area contributed by atoms with Crippen molar-refractivity contribution in [2.45, 2.75) is 0 Å². The molecule has 0 radical (unpaired) electrons. The zero-order valence-electron chi connectivity index (χ0n) is 21.3. The first-order valence-corrected chi connectivity index (χ1v) is 13.4. The molecule has 0 spiro atoms. The van der Waals surface area contributed by atoms with E-state index in [1.54, 1.807) is 28.4 Å². The SMILES string of the molecule is COc1ccc(N[P+](Nc2ccc(OC)cc2)(Nc2ccc(OC)cc2)Nc2ccc(OC)cc2)cc1. The molecule has 0 aliphatic heterocycles. The largest absolute Gasteiger partial charge is 0.497 e. The van der Waals surface area contributed by atoms with Crippen LogP contribution in [0.1, 0.15) is 0 Å². The number of benzene rings is 4. The minimum atomic E-state index is -2.64. The molecule has 0 unspecified atom stereocenters. The zero-order chi connectivity index (χ0) is 26.1. The Morgan fingerprint density at radius 2 is 0.541 bits per heavy atom. The van der Waals surface area contributed by atoms with E-state index in [-0.39, 0.29) is 0 Å². The van der Waals surface area contributed by atoms with Gasteiger partial charge in [-0.15, -0.1) is 0 Å². The summed E-state index contributed by atoms with van der Waals surface area (Å²) < 4.78 is 21.4. The number of hydrogen-bond donors (Lipinski definition) is 4. The summed E-state index contributed by atoms with van der Waals surface area (Å²) in [5, 5.41) is 14.8. The highest BCUT2D eigenvalue weighted by Gasteiger charge is 2.41. The average molecular weight is 520 g/mol. The second kappa shape index (κ2) is 12.1. The summed E-state index contributed by atoms with van der Waals surface area (Å²) >= 11 is 0. The first-order chi connectivity index (χ1) is 18.0. The van der Waals surface area contributed by atoms with Crippen molar-refractivity contribution in [1.29, 1.82) is 0 Å². The molecule has 0 atom stereocenters. The fraction of sp³-hybridized carbons (Fsp3) is 0.143. The third-order valence-electron chi connectivity index (χ3n) is 5.55. The monoisotopic (exact) mass is 519 g/mol. The van der Waals surface area contributed by atoms with Crippen LogP contribution in [-0.2, 0) is 0 Å². The van der Waals surface area contributed by atoms with Crippen molar-refractivity contribution in [3.05, 3.63) is 97.1 Å². The Morgan fingerprint density at radius 1 is 0.351 bits per heavy atom. The highest BCUT2D eigenvalue weighted by molar-refractivity contribution is 7.81. The molecule has 0 saturated carbocycles. The Hall–Kier alpha value is -4.29. The summed E-state index contributed by atoms with van der Waals surface area (Å²) in [5.41, 5.74) is 3.60. The molecule has 37 heavy (non-hydrogen) atoms. The zero-order valence-corrected chi connectivity index (χ0v) is 22.2. The van der Waals surface area contributed by atoms with Crippen molar-refractivity contribution in [2.75, 3.05) is 48.8 Å². The number of rotatable bonds is 12. The molecule has 9 heteroatoms. The van der Waals surface area contributed by atoms with Gasteiger partial charge in [-0.05, 0) is 97.1 Å². The van der Waals surface area contributed by atoms with Crippen LogP contribution in [0.4, 0.5) is 22.7 Å². The average Bonchev–Trinajstić information content (AvgIpc) is 2.94. The van der Waals surface area contributed by atoms with Crippen LogP contribution >= 0.6 is 7.87 Å². The minimum absolute atomic E-state index is 0.781. The molecule has 8 nitrogen and oxygen atoms in total. The second-order valence-corrected chi connectivity index (χ2v) is 10.3. The fourth-order valence-corrected chi connectivity index (χ4v) is 6.09. The van der Waals surface area contributed by atoms with Crippen LogP contribution < -0.4 is 39.3 Å². The van der Waals surface area contributed by atoms with Gasteiger partial charge in [-0.3, -0.25) is 0 Å². The van der Waals surface area contributed by atoms with Crippen molar-refractivity contribution in [1.82, 2.24) is 0 Å². The Bertz CT molecular complexity index is 1050. The molecular weight excluding hydrogens is 487 g/mol. The molecule has 0 saturated heterocycles. The van der Waals surface area contributed by atoms with Gasteiger partial charge in [0.25, 0.3) is 0 Å². The molecule has 0 fully saturated rings. The van der Waals surface area contributed by atoms with Crippen LogP contribution in [0.3, 0.4) is 0 Å². The van der Waals surface area contributed by atoms with Crippen molar-refractivity contribution in [2.24, 2.45) is 0 Å². The van der Waals surface area contributed by atoms with Crippen LogP contribution in [0.5, 0.6) is 23.0 Å². The van der Waals surface area contributed by atoms with Gasteiger partial charge in [0.1, 0.15) is 23.0 Å². The van der Waals surface area contributed by atoms with E-state index in [0.717, 1.165) is 45.7 Å². The smallest absolute Gasteiger partial charge is 0.395 e. The molecule has 4 aromatic carbocycles. The van der Waals surface area contributed by atoms with Crippen molar-refractivity contribution in [3.8, 4) is 23.0 Å². The van der Waals surface area contributed by atoms with E-state index in [1.165, 1.54) is 0 Å². The van der Waals surface area contributed by atoms with E-state index in [9.17, 15) is 0 Å². The lowest BCUT2D eigenvalue weighted by Crippen LogP contribution is -2.27. The van der Waals surface area contributed by atoms with E-state index in [0.29, 0.717) is 0 Å². The van der Waals surface area contributed by atoms with Gasteiger partial charge in [-0.2, -0.15) is 0 Å². The third kappa shape index (κ3) is 6.90. The summed E-state index contributed by atoms with van der Waals surface area (Å²) in [6.07, 6.45) is 0. The van der Waals surface area contributed by atoms with Crippen LogP contribution in [-0.4, -0.2) is 28.4 Å². The first-order valence-electron chi connectivity index (χ1n) is 11.6. The highest BCUT2D eigenvalue weighted by Crippen LogP contribution is 2.56. The lowest BCUT2D eigenvalue weighted by Gasteiger charge is -2.30. The van der Waals surface area contributed by atoms with Gasteiger partial charge >= 0.3 is 7.87 Å². The predicted molar refractivity (Wildman–Crippen MR) is 153 cm³/mol. The van der Waals surface area contributed by atoms with Crippen LogP contribution in [0.25, 0.3) is 0 Å². The van der Waals surface area contributed by atoms with Gasteiger partial charge in [-0.1, -0.05) is 0 Å². The molecule has 192 valence electrons. The lowest BCUT2D eigenvalue weighted by molar-refractivity contribution is 0.415. The molecule has 0 aliphatic carbocycles. The molecule has 0 aromatic heterocycles. The normalized spacial score (nSPS) is 10.7. The van der Waals surface area contributed by atoms with Gasteiger partial charge in [0.05, 0.1) is 51.2 Å². The standard InChI is InChI=1S/C28H32N4O4P/c1-33-25-13-5-21(6-14-25)29-37(30-22-7-15-26(34-2)16-8-22,31-23-9-17-27(35-3)18-10-23)32-24-11-19-28(36-4)20-12-24/h5-20,29-32H,1-4H3/q+1. The van der Waals surface area contributed by atoms with Crippen molar-refractivity contribution >= 4 is 30.6 Å². The lowest BCUT2D eigenvalue weighted by atomic mass is 10.3. The molecule has 4 N–H and O–H groups in total. The molecular formula is C28H32N4O4P+. The number of ether oxygens (including phenoxy) is 4. The summed E-state index contributed by atoms with van der Waals surface area (Å²) in [4.78, 5) is 0. The van der Waals surface area contributed by atoms with Crippen LogP contribution in [0.15, 0.2) is 97.1 Å². The maximum Gasteiger partial charge on any atom is 0.395 e. The molecule has 0 amide bonds. The van der Waals surface area contributed by atoms with Crippen molar-refractivity contribution < 1.29 is 18.9 Å². The minimum Gasteiger partial charge on any atom is -0.497 e. The topological polar surface area (TPSA) is 85.0 Å². The Kier molecular flexibility index (Phi) is 8.44. The van der Waals surface area contributed by atoms with Crippen LogP contribution in [0.2, 0.25) is 0 Å². The summed E-state index contributed by atoms with van der Waals surface area (Å²) in [5.74, 6) is 3.13. The number of anilines is 4. The predicted octanol–water partition coefficient (Wildman–Crippen LogP) is 7.15. The first kappa shape index (κ1) is 25.8. The Labute approximate surface area is 218 Å². The highest BCUT2D eigenvalue weighted by atomic mass is 31.2. The summed E-state index contributed by atoms with van der Waals surface area (Å²) in [6, 6.07) is 31.2. The summed E-state index contributed by atoms with van der Waals surface area (Å²) in [6.45, 7) is 0. The quantitative estimate of drug-likeness (QED) is 0.147. The Morgan fingerprint density at radius 3 is 0.703 bits per heavy atom. The van der Waals surface area contributed by atoms with Gasteiger partial charge in [-0.25, -0.2) is 20.3 Å². The van der Waals surface area contributed by atoms with E-state index in [2.05, 4.69) is 20.3 Å². The van der Waals surface area contributed by atoms with Gasteiger partial charge in [0.15, 0.2) is 0 Å². The van der Waals surface area contributed by atoms with E-state index < -0.39 is 7.87 Å². The molecule has 0 heterocycles. The fourth-order valence-electron chi connectivity index (χ4n) is 3.60. The van der Waals surface area contributed by atoms with E-state index in [4.69, 9.17) is 18.9 Å². The number of methoxy groups -OCH3 is 4. The molecule has 4 rings (SSSR count). The molecule has 0 bridgehead atoms. The van der Waals surface area contributed by atoms with Crippen LogP contribution in [0, 0.1) is 0 Å². The number of hydrogen-bond acceptors (Lipinski definition) is 8. The Balaban J connectivity index is 1.76. The maximum absolute atomic E-state index is 5.35. The van der Waals surface area contributed by atoms with Gasteiger partial charge in [0.2, 0.25) is 0 Å². The summed E-state index contributed by atoms with van der Waals surface area (Å²) in [7, 11) is 3.98. The van der Waals surface area contributed by atoms with E-state index >= 15 is 0 Å². The third-order valence-corrected chi connectivity index (χ3v) is 7.92. The number of nitrogens with one attached hydrogen (secondary N) is 4. The van der Waals surface area contributed by atoms with E-state index in [1.807, 2.05) is 97.1 Å². The maximum atomic E-state index is 5.35. The second-order valence-electron chi connectivity index (χ2n) is 8.03. The molecule has 0 aliphatic rings. The molecule has 4 aromatic rings.